The van der Waals surface area contributed by atoms with Crippen molar-refractivity contribution < 1.29 is 8.78 Å². The average molecular weight is 265 g/mol. The second-order valence-corrected chi connectivity index (χ2v) is 4.74. The first-order valence-electron chi connectivity index (χ1n) is 6.22. The number of aryl methyl sites for hydroxylation is 2. The lowest BCUT2D eigenvalue weighted by molar-refractivity contribution is 0.490. The van der Waals surface area contributed by atoms with Gasteiger partial charge in [-0.2, -0.15) is 5.10 Å². The molecule has 1 heterocycles. The Morgan fingerprint density at radius 3 is 2.84 bits per heavy atom. The molecule has 0 aliphatic carbocycles. The first kappa shape index (κ1) is 13.7. The van der Waals surface area contributed by atoms with Crippen LogP contribution in [0.1, 0.15) is 17.5 Å². The first-order chi connectivity index (χ1) is 9.06. The molecule has 3 nitrogen and oxygen atoms in total. The van der Waals surface area contributed by atoms with Crippen molar-refractivity contribution in [2.45, 2.75) is 25.3 Å². The van der Waals surface area contributed by atoms with Crippen molar-refractivity contribution >= 4 is 0 Å². The minimum atomic E-state index is -0.822. The Kier molecular flexibility index (Phi) is 4.27. The maximum Gasteiger partial charge on any atom is 0.162 e. The lowest BCUT2D eigenvalue weighted by Gasteiger charge is -2.11. The third kappa shape index (κ3) is 3.61. The normalized spacial score (nSPS) is 12.6. The maximum absolute atomic E-state index is 13.5. The molecule has 0 spiro atoms. The van der Waals surface area contributed by atoms with E-state index in [4.69, 9.17) is 5.73 Å². The van der Waals surface area contributed by atoms with Crippen molar-refractivity contribution in [2.24, 2.45) is 12.8 Å². The predicted molar refractivity (Wildman–Crippen MR) is 69.6 cm³/mol. The van der Waals surface area contributed by atoms with Crippen molar-refractivity contribution in [3.05, 3.63) is 53.4 Å². The zero-order valence-electron chi connectivity index (χ0n) is 10.8. The largest absolute Gasteiger partial charge is 0.327 e. The van der Waals surface area contributed by atoms with Gasteiger partial charge in [-0.25, -0.2) is 8.78 Å². The monoisotopic (exact) mass is 265 g/mol. The van der Waals surface area contributed by atoms with Gasteiger partial charge in [-0.05, 0) is 36.5 Å². The highest BCUT2D eigenvalue weighted by atomic mass is 19.2. The molecule has 102 valence electrons. The summed E-state index contributed by atoms with van der Waals surface area (Å²) >= 11 is 0. The van der Waals surface area contributed by atoms with Gasteiger partial charge in [-0.3, -0.25) is 4.68 Å². The Bertz CT molecular complexity index is 551. The minimum absolute atomic E-state index is 0.198. The number of rotatable bonds is 5. The fourth-order valence-electron chi connectivity index (χ4n) is 2.04. The van der Waals surface area contributed by atoms with Gasteiger partial charge in [0, 0.05) is 19.3 Å². The molecule has 2 aromatic rings. The Hall–Kier alpha value is -1.75. The Balaban J connectivity index is 1.90. The molecule has 2 rings (SSSR count). The summed E-state index contributed by atoms with van der Waals surface area (Å²) in [7, 11) is 1.85. The molecule has 0 aliphatic heterocycles. The molecule has 0 saturated heterocycles. The molecular weight excluding hydrogens is 248 g/mol. The van der Waals surface area contributed by atoms with Crippen LogP contribution in [-0.4, -0.2) is 15.8 Å². The summed E-state index contributed by atoms with van der Waals surface area (Å²) in [4.78, 5) is 0. The van der Waals surface area contributed by atoms with Gasteiger partial charge in [0.25, 0.3) is 0 Å². The molecule has 1 atom stereocenters. The zero-order valence-corrected chi connectivity index (χ0v) is 10.8. The lowest BCUT2D eigenvalue weighted by atomic mass is 10.0. The van der Waals surface area contributed by atoms with Crippen LogP contribution in [0.3, 0.4) is 0 Å². The van der Waals surface area contributed by atoms with Crippen molar-refractivity contribution in [1.82, 2.24) is 9.78 Å². The number of nitrogens with two attached hydrogens (primary N) is 1. The third-order valence-electron chi connectivity index (χ3n) is 3.08. The number of benzene rings is 1. The van der Waals surface area contributed by atoms with Crippen LogP contribution in [0.2, 0.25) is 0 Å². The molecule has 0 fully saturated rings. The smallest absolute Gasteiger partial charge is 0.162 e. The summed E-state index contributed by atoms with van der Waals surface area (Å²) < 4.78 is 28.3. The van der Waals surface area contributed by atoms with Crippen LogP contribution in [0.5, 0.6) is 0 Å². The fraction of sp³-hybridized carbons (Fsp3) is 0.357. The van der Waals surface area contributed by atoms with E-state index in [0.717, 1.165) is 18.1 Å². The topological polar surface area (TPSA) is 43.8 Å². The quantitative estimate of drug-likeness (QED) is 0.900. The van der Waals surface area contributed by atoms with Crippen LogP contribution in [-0.2, 0) is 19.9 Å². The van der Waals surface area contributed by atoms with Crippen LogP contribution >= 0.6 is 0 Å². The summed E-state index contributed by atoms with van der Waals surface area (Å²) in [6.45, 7) is 0. The molecule has 2 N–H and O–H groups in total. The fourth-order valence-corrected chi connectivity index (χ4v) is 2.04. The molecule has 0 radical (unpaired) electrons. The number of hydrogen-bond donors (Lipinski definition) is 1. The van der Waals surface area contributed by atoms with Gasteiger partial charge >= 0.3 is 0 Å². The summed E-state index contributed by atoms with van der Waals surface area (Å²) in [5.74, 6) is -1.61. The molecule has 1 aromatic heterocycles. The minimum Gasteiger partial charge on any atom is -0.327 e. The van der Waals surface area contributed by atoms with Gasteiger partial charge in [0.05, 0.1) is 6.20 Å². The second kappa shape index (κ2) is 5.93. The van der Waals surface area contributed by atoms with Crippen LogP contribution in [0.25, 0.3) is 0 Å². The first-order valence-corrected chi connectivity index (χ1v) is 6.22. The van der Waals surface area contributed by atoms with Gasteiger partial charge < -0.3 is 5.73 Å². The van der Waals surface area contributed by atoms with Crippen LogP contribution in [0, 0.1) is 11.6 Å². The zero-order chi connectivity index (χ0) is 13.8. The number of aromatic nitrogens is 2. The molecular formula is C14H17F2N3. The second-order valence-electron chi connectivity index (χ2n) is 4.74. The Morgan fingerprint density at radius 2 is 2.16 bits per heavy atom. The van der Waals surface area contributed by atoms with Crippen molar-refractivity contribution in [2.75, 3.05) is 0 Å². The number of halogens is 2. The SMILES string of the molecule is Cn1cc(CCC(N)Cc2cccc(F)c2F)cn1. The molecule has 0 bridgehead atoms. The van der Waals surface area contributed by atoms with E-state index in [-0.39, 0.29) is 6.04 Å². The molecule has 0 amide bonds. The number of nitrogens with zero attached hydrogens (tertiary/aromatic N) is 2. The van der Waals surface area contributed by atoms with Crippen LogP contribution in [0.4, 0.5) is 8.78 Å². The van der Waals surface area contributed by atoms with Crippen LogP contribution in [0.15, 0.2) is 30.6 Å². The molecule has 0 aliphatic rings. The summed E-state index contributed by atoms with van der Waals surface area (Å²) in [5, 5.41) is 4.07. The van der Waals surface area contributed by atoms with E-state index in [2.05, 4.69) is 5.10 Å². The summed E-state index contributed by atoms with van der Waals surface area (Å²) in [6.07, 6.45) is 5.54. The highest BCUT2D eigenvalue weighted by Crippen LogP contribution is 2.14. The highest BCUT2D eigenvalue weighted by Gasteiger charge is 2.11. The van der Waals surface area contributed by atoms with Gasteiger partial charge in [-0.15, -0.1) is 0 Å². The Morgan fingerprint density at radius 1 is 1.37 bits per heavy atom. The van der Waals surface area contributed by atoms with E-state index < -0.39 is 11.6 Å². The van der Waals surface area contributed by atoms with Gasteiger partial charge in [0.2, 0.25) is 0 Å². The predicted octanol–water partition coefficient (Wildman–Crippen LogP) is 2.20. The van der Waals surface area contributed by atoms with E-state index >= 15 is 0 Å². The summed E-state index contributed by atoms with van der Waals surface area (Å²) in [5.41, 5.74) is 7.39. The molecule has 1 aromatic carbocycles. The maximum atomic E-state index is 13.5. The highest BCUT2D eigenvalue weighted by molar-refractivity contribution is 5.20. The van der Waals surface area contributed by atoms with Crippen molar-refractivity contribution in [3.8, 4) is 0 Å². The van der Waals surface area contributed by atoms with Crippen LogP contribution < -0.4 is 5.73 Å². The molecule has 19 heavy (non-hydrogen) atoms. The molecule has 1 unspecified atom stereocenters. The third-order valence-corrected chi connectivity index (χ3v) is 3.08. The van der Waals surface area contributed by atoms with E-state index in [1.54, 1.807) is 16.9 Å². The summed E-state index contributed by atoms with van der Waals surface area (Å²) in [6, 6.07) is 3.99. The van der Waals surface area contributed by atoms with E-state index in [1.165, 1.54) is 6.07 Å². The van der Waals surface area contributed by atoms with E-state index in [0.29, 0.717) is 18.4 Å². The lowest BCUT2D eigenvalue weighted by Crippen LogP contribution is -2.24. The number of hydrogen-bond acceptors (Lipinski definition) is 2. The molecule has 0 saturated carbocycles. The average Bonchev–Trinajstić information content (AvgIpc) is 2.78. The standard InChI is InChI=1S/C14H17F2N3/c1-19-9-10(8-18-19)5-6-12(17)7-11-3-2-4-13(15)14(11)16/h2-4,8-9,12H,5-7,17H2,1H3. The molecule has 5 heteroatoms. The van der Waals surface area contributed by atoms with E-state index in [1.807, 2.05) is 13.2 Å². The van der Waals surface area contributed by atoms with Gasteiger partial charge in [0.1, 0.15) is 0 Å². The van der Waals surface area contributed by atoms with Crippen molar-refractivity contribution in [3.63, 3.8) is 0 Å². The van der Waals surface area contributed by atoms with Gasteiger partial charge in [0.15, 0.2) is 11.6 Å². The van der Waals surface area contributed by atoms with Crippen molar-refractivity contribution in [1.29, 1.82) is 0 Å². The Labute approximate surface area is 111 Å². The van der Waals surface area contributed by atoms with E-state index in [9.17, 15) is 8.78 Å². The van der Waals surface area contributed by atoms with Gasteiger partial charge in [-0.1, -0.05) is 12.1 Å².